The molecule has 4 rings (SSSR count). The molecule has 2 aliphatic rings. The second-order valence-corrected chi connectivity index (χ2v) is 7.86. The molecule has 0 radical (unpaired) electrons. The lowest BCUT2D eigenvalue weighted by molar-refractivity contribution is -0.139. The second kappa shape index (κ2) is 8.32. The molecule has 2 amide bonds. The zero-order valence-electron chi connectivity index (χ0n) is 16.3. The van der Waals surface area contributed by atoms with Crippen molar-refractivity contribution in [1.29, 1.82) is 0 Å². The van der Waals surface area contributed by atoms with Crippen molar-refractivity contribution in [3.63, 3.8) is 0 Å². The van der Waals surface area contributed by atoms with Gasteiger partial charge in [-0.05, 0) is 25.7 Å². The van der Waals surface area contributed by atoms with E-state index in [-0.39, 0.29) is 35.6 Å². The standard InChI is InChI=1S/C19H26N6O4/c26-11-19-4-2-7-25(18(28)15-9-20-14-29-15)16(19)10-23(8-5-19)17(27)3-1-6-24-13-21-12-22-24/h9,12-14,16,26H,1-8,10-11H2/t16-,19-/m0/s1. The zero-order valence-corrected chi connectivity index (χ0v) is 16.3. The van der Waals surface area contributed by atoms with E-state index < -0.39 is 0 Å². The van der Waals surface area contributed by atoms with Crippen molar-refractivity contribution in [2.75, 3.05) is 26.2 Å². The maximum absolute atomic E-state index is 12.9. The summed E-state index contributed by atoms with van der Waals surface area (Å²) in [5.41, 5.74) is -0.370. The first-order valence-electron chi connectivity index (χ1n) is 10.0. The predicted molar refractivity (Wildman–Crippen MR) is 101 cm³/mol. The number of fused-ring (bicyclic) bond motifs is 1. The van der Waals surface area contributed by atoms with Crippen LogP contribution in [-0.2, 0) is 11.3 Å². The quantitative estimate of drug-likeness (QED) is 0.750. The molecule has 2 aromatic rings. The first-order valence-corrected chi connectivity index (χ1v) is 10.0. The van der Waals surface area contributed by atoms with Gasteiger partial charge in [0.2, 0.25) is 11.7 Å². The van der Waals surface area contributed by atoms with Crippen LogP contribution < -0.4 is 0 Å². The average molecular weight is 402 g/mol. The number of carbonyl (C=O) groups is 2. The molecule has 2 aliphatic heterocycles. The van der Waals surface area contributed by atoms with Crippen LogP contribution in [0, 0.1) is 5.41 Å². The summed E-state index contributed by atoms with van der Waals surface area (Å²) in [7, 11) is 0. The molecule has 2 atom stereocenters. The van der Waals surface area contributed by atoms with E-state index in [1.807, 2.05) is 4.90 Å². The van der Waals surface area contributed by atoms with Gasteiger partial charge in [0.25, 0.3) is 5.91 Å². The highest BCUT2D eigenvalue weighted by Crippen LogP contribution is 2.42. The molecule has 2 aromatic heterocycles. The summed E-state index contributed by atoms with van der Waals surface area (Å²) in [6, 6.07) is -0.230. The van der Waals surface area contributed by atoms with Gasteiger partial charge in [-0.2, -0.15) is 5.10 Å². The van der Waals surface area contributed by atoms with Crippen molar-refractivity contribution in [2.24, 2.45) is 5.41 Å². The smallest absolute Gasteiger partial charge is 0.291 e. The van der Waals surface area contributed by atoms with Crippen LogP contribution in [0.15, 0.2) is 29.7 Å². The topological polar surface area (TPSA) is 118 Å². The van der Waals surface area contributed by atoms with Crippen LogP contribution in [0.5, 0.6) is 0 Å². The Morgan fingerprint density at radius 1 is 1.28 bits per heavy atom. The van der Waals surface area contributed by atoms with Crippen molar-refractivity contribution in [2.45, 2.75) is 44.7 Å². The molecule has 29 heavy (non-hydrogen) atoms. The molecule has 10 nitrogen and oxygen atoms in total. The van der Waals surface area contributed by atoms with Crippen molar-refractivity contribution in [3.05, 3.63) is 31.0 Å². The Morgan fingerprint density at radius 2 is 2.17 bits per heavy atom. The largest absolute Gasteiger partial charge is 0.438 e. The molecule has 0 spiro atoms. The minimum Gasteiger partial charge on any atom is -0.438 e. The van der Waals surface area contributed by atoms with Gasteiger partial charge in [-0.1, -0.05) is 0 Å². The van der Waals surface area contributed by atoms with Gasteiger partial charge in [0.05, 0.1) is 18.8 Å². The van der Waals surface area contributed by atoms with Crippen molar-refractivity contribution >= 4 is 11.8 Å². The molecular weight excluding hydrogens is 376 g/mol. The lowest BCUT2D eigenvalue weighted by Crippen LogP contribution is -2.64. The van der Waals surface area contributed by atoms with Crippen molar-refractivity contribution in [3.8, 4) is 0 Å². The average Bonchev–Trinajstić information content (AvgIpc) is 3.46. The van der Waals surface area contributed by atoms with Gasteiger partial charge in [0, 0.05) is 38.0 Å². The molecule has 10 heteroatoms. The fourth-order valence-electron chi connectivity index (χ4n) is 4.59. The summed E-state index contributed by atoms with van der Waals surface area (Å²) in [6.45, 7) is 2.26. The van der Waals surface area contributed by atoms with Crippen LogP contribution in [0.2, 0.25) is 0 Å². The van der Waals surface area contributed by atoms with Crippen LogP contribution in [0.3, 0.4) is 0 Å². The molecule has 0 bridgehead atoms. The van der Waals surface area contributed by atoms with Crippen molar-refractivity contribution in [1.82, 2.24) is 29.5 Å². The van der Waals surface area contributed by atoms with E-state index in [0.29, 0.717) is 45.4 Å². The first-order chi connectivity index (χ1) is 14.1. The number of aromatic nitrogens is 4. The van der Waals surface area contributed by atoms with Crippen LogP contribution in [0.25, 0.3) is 0 Å². The Hall–Kier alpha value is -2.75. The maximum atomic E-state index is 12.9. The molecule has 0 saturated carbocycles. The van der Waals surface area contributed by atoms with Gasteiger partial charge in [-0.25, -0.2) is 9.97 Å². The SMILES string of the molecule is O=C(CCCn1cncn1)N1CC[C@]2(CO)CCCN(C(=O)c3cnco3)[C@H]2C1. The minimum absolute atomic E-state index is 0.00613. The minimum atomic E-state index is -0.370. The number of hydrogen-bond donors (Lipinski definition) is 1. The third-order valence-electron chi connectivity index (χ3n) is 6.25. The molecule has 1 N–H and O–H groups in total. The van der Waals surface area contributed by atoms with E-state index >= 15 is 0 Å². The molecule has 2 fully saturated rings. The Morgan fingerprint density at radius 3 is 2.90 bits per heavy atom. The highest BCUT2D eigenvalue weighted by molar-refractivity contribution is 5.91. The van der Waals surface area contributed by atoms with E-state index in [1.54, 1.807) is 15.9 Å². The fraction of sp³-hybridized carbons (Fsp3) is 0.632. The number of hydrogen-bond acceptors (Lipinski definition) is 7. The van der Waals surface area contributed by atoms with Gasteiger partial charge in [-0.15, -0.1) is 0 Å². The van der Waals surface area contributed by atoms with Gasteiger partial charge in [-0.3, -0.25) is 14.3 Å². The summed E-state index contributed by atoms with van der Waals surface area (Å²) >= 11 is 0. The Labute approximate surface area is 168 Å². The summed E-state index contributed by atoms with van der Waals surface area (Å²) in [6.07, 6.45) is 9.20. The molecular formula is C19H26N6O4. The number of likely N-dealkylation sites (tertiary alicyclic amines) is 2. The molecule has 0 aliphatic carbocycles. The van der Waals surface area contributed by atoms with E-state index in [0.717, 1.165) is 12.8 Å². The highest BCUT2D eigenvalue weighted by atomic mass is 16.3. The van der Waals surface area contributed by atoms with Crippen LogP contribution in [0.4, 0.5) is 0 Å². The van der Waals surface area contributed by atoms with Crippen LogP contribution in [0.1, 0.15) is 42.7 Å². The summed E-state index contributed by atoms with van der Waals surface area (Å²) < 4.78 is 6.91. The summed E-state index contributed by atoms with van der Waals surface area (Å²) in [5.74, 6) is 0.0230. The molecule has 4 heterocycles. The Balaban J connectivity index is 1.44. The number of nitrogens with zero attached hydrogens (tertiary/aromatic N) is 6. The number of amides is 2. The number of rotatable bonds is 6. The van der Waals surface area contributed by atoms with E-state index in [9.17, 15) is 14.7 Å². The van der Waals surface area contributed by atoms with Crippen molar-refractivity contribution < 1.29 is 19.1 Å². The van der Waals surface area contributed by atoms with Crippen LogP contribution in [-0.4, -0.2) is 78.8 Å². The second-order valence-electron chi connectivity index (χ2n) is 7.86. The van der Waals surface area contributed by atoms with Gasteiger partial charge in [0.1, 0.15) is 12.7 Å². The normalized spacial score (nSPS) is 24.4. The predicted octanol–water partition coefficient (Wildman–Crippen LogP) is 0.562. The monoisotopic (exact) mass is 402 g/mol. The van der Waals surface area contributed by atoms with E-state index in [2.05, 4.69) is 15.1 Å². The molecule has 2 saturated heterocycles. The summed E-state index contributed by atoms with van der Waals surface area (Å²) in [5, 5.41) is 14.2. The molecule has 0 aromatic carbocycles. The maximum Gasteiger partial charge on any atom is 0.291 e. The van der Waals surface area contributed by atoms with Gasteiger partial charge < -0.3 is 19.3 Å². The first kappa shape index (κ1) is 19.6. The third-order valence-corrected chi connectivity index (χ3v) is 6.25. The van der Waals surface area contributed by atoms with E-state index in [4.69, 9.17) is 4.42 Å². The van der Waals surface area contributed by atoms with Crippen LogP contribution >= 0.6 is 0 Å². The van der Waals surface area contributed by atoms with E-state index in [1.165, 1.54) is 18.9 Å². The Bertz CT molecular complexity index is 824. The van der Waals surface area contributed by atoms with Gasteiger partial charge in [0.15, 0.2) is 6.39 Å². The lowest BCUT2D eigenvalue weighted by Gasteiger charge is -2.54. The number of aliphatic hydroxyl groups is 1. The number of carbonyl (C=O) groups excluding carboxylic acids is 2. The Kier molecular flexibility index (Phi) is 5.61. The highest BCUT2D eigenvalue weighted by Gasteiger charge is 2.50. The zero-order chi connectivity index (χ0) is 20.3. The molecule has 0 unspecified atom stereocenters. The number of aryl methyl sites for hydroxylation is 1. The third kappa shape index (κ3) is 3.89. The van der Waals surface area contributed by atoms with Gasteiger partial charge >= 0.3 is 0 Å². The molecule has 156 valence electrons. The lowest BCUT2D eigenvalue weighted by atomic mass is 9.68. The number of oxazole rings is 1. The fourth-order valence-corrected chi connectivity index (χ4v) is 4.59. The summed E-state index contributed by atoms with van der Waals surface area (Å²) in [4.78, 5) is 37.1. The number of piperidine rings is 2. The number of aliphatic hydroxyl groups excluding tert-OH is 1.